The summed E-state index contributed by atoms with van der Waals surface area (Å²) in [4.78, 5) is 11.8. The fourth-order valence-electron chi connectivity index (χ4n) is 1.90. The molecule has 0 spiro atoms. The SMILES string of the molecule is CC(C)(C)N1CCc2cc(F)c(C(=O)O)cc2S1. The molecule has 0 bridgehead atoms. The van der Waals surface area contributed by atoms with Crippen LogP contribution < -0.4 is 0 Å². The highest BCUT2D eigenvalue weighted by atomic mass is 32.2. The minimum absolute atomic E-state index is 0.000129. The lowest BCUT2D eigenvalue weighted by molar-refractivity contribution is 0.0691. The summed E-state index contributed by atoms with van der Waals surface area (Å²) in [6.07, 6.45) is 0.746. The van der Waals surface area contributed by atoms with E-state index in [0.717, 1.165) is 23.4 Å². The van der Waals surface area contributed by atoms with Gasteiger partial charge in [0.15, 0.2) is 0 Å². The molecular formula is C13H16FNO2S. The molecule has 1 aromatic rings. The summed E-state index contributed by atoms with van der Waals surface area (Å²) in [5, 5.41) is 8.93. The summed E-state index contributed by atoms with van der Waals surface area (Å²) in [7, 11) is 0. The molecule has 1 heterocycles. The number of carboxylic acid groups (broad SMARTS) is 1. The Morgan fingerprint density at radius 3 is 2.67 bits per heavy atom. The Labute approximate surface area is 110 Å². The number of rotatable bonds is 1. The summed E-state index contributed by atoms with van der Waals surface area (Å²) in [6, 6.07) is 2.79. The van der Waals surface area contributed by atoms with Crippen molar-refractivity contribution in [3.63, 3.8) is 0 Å². The second-order valence-corrected chi connectivity index (χ2v) is 6.42. The Kier molecular flexibility index (Phi) is 3.38. The first-order valence-corrected chi connectivity index (χ1v) is 6.57. The highest BCUT2D eigenvalue weighted by molar-refractivity contribution is 7.97. The highest BCUT2D eigenvalue weighted by Gasteiger charge is 2.28. The Bertz CT molecular complexity index is 496. The van der Waals surface area contributed by atoms with E-state index >= 15 is 0 Å². The molecule has 0 saturated carbocycles. The molecule has 0 saturated heterocycles. The molecule has 5 heteroatoms. The van der Waals surface area contributed by atoms with Crippen molar-refractivity contribution < 1.29 is 14.3 Å². The molecule has 2 rings (SSSR count). The second-order valence-electron chi connectivity index (χ2n) is 5.36. The van der Waals surface area contributed by atoms with Gasteiger partial charge in [-0.1, -0.05) is 0 Å². The van der Waals surface area contributed by atoms with E-state index in [9.17, 15) is 9.18 Å². The lowest BCUT2D eigenvalue weighted by Crippen LogP contribution is -2.39. The second kappa shape index (κ2) is 4.55. The predicted molar refractivity (Wildman–Crippen MR) is 69.4 cm³/mol. The lowest BCUT2D eigenvalue weighted by atomic mass is 10.1. The molecule has 0 atom stereocenters. The summed E-state index contributed by atoms with van der Waals surface area (Å²) < 4.78 is 15.7. The van der Waals surface area contributed by atoms with Crippen LogP contribution in [0.25, 0.3) is 0 Å². The normalized spacial score (nSPS) is 16.4. The maximum Gasteiger partial charge on any atom is 0.338 e. The van der Waals surface area contributed by atoms with E-state index in [1.807, 2.05) is 0 Å². The standard InChI is InChI=1S/C13H16FNO2S/c1-13(2,3)15-5-4-8-6-10(14)9(12(16)17)7-11(8)18-15/h6-7H,4-5H2,1-3H3,(H,16,17). The van der Waals surface area contributed by atoms with E-state index in [4.69, 9.17) is 5.11 Å². The first kappa shape index (κ1) is 13.4. The average Bonchev–Trinajstić information content (AvgIpc) is 2.25. The quantitative estimate of drug-likeness (QED) is 0.795. The summed E-state index contributed by atoms with van der Waals surface area (Å²) in [5.41, 5.74) is 0.639. The molecule has 0 amide bonds. The van der Waals surface area contributed by atoms with Gasteiger partial charge in [-0.15, -0.1) is 0 Å². The molecule has 18 heavy (non-hydrogen) atoms. The molecule has 0 fully saturated rings. The van der Waals surface area contributed by atoms with Gasteiger partial charge in [-0.3, -0.25) is 0 Å². The van der Waals surface area contributed by atoms with Gasteiger partial charge in [-0.25, -0.2) is 13.5 Å². The maximum absolute atomic E-state index is 13.6. The summed E-state index contributed by atoms with van der Waals surface area (Å²) >= 11 is 1.51. The molecular weight excluding hydrogens is 253 g/mol. The number of halogens is 1. The van der Waals surface area contributed by atoms with Crippen molar-refractivity contribution in [3.8, 4) is 0 Å². The van der Waals surface area contributed by atoms with Gasteiger partial charge < -0.3 is 5.11 Å². The van der Waals surface area contributed by atoms with Crippen molar-refractivity contribution in [1.29, 1.82) is 0 Å². The number of fused-ring (bicyclic) bond motifs is 1. The van der Waals surface area contributed by atoms with Crippen molar-refractivity contribution in [1.82, 2.24) is 4.31 Å². The van der Waals surface area contributed by atoms with Crippen LogP contribution in [-0.4, -0.2) is 27.5 Å². The van der Waals surface area contributed by atoms with Crippen LogP contribution in [-0.2, 0) is 6.42 Å². The lowest BCUT2D eigenvalue weighted by Gasteiger charge is -2.37. The molecule has 98 valence electrons. The van der Waals surface area contributed by atoms with Crippen molar-refractivity contribution in [2.75, 3.05) is 6.54 Å². The summed E-state index contributed by atoms with van der Waals surface area (Å²) in [5.74, 6) is -1.87. The Hall–Kier alpha value is -1.07. The number of carboxylic acids is 1. The van der Waals surface area contributed by atoms with Gasteiger partial charge >= 0.3 is 5.97 Å². The van der Waals surface area contributed by atoms with E-state index in [-0.39, 0.29) is 11.1 Å². The number of hydrogen-bond acceptors (Lipinski definition) is 3. The van der Waals surface area contributed by atoms with Gasteiger partial charge in [0.2, 0.25) is 0 Å². The first-order chi connectivity index (χ1) is 8.29. The van der Waals surface area contributed by atoms with Crippen LogP contribution in [0.15, 0.2) is 17.0 Å². The zero-order chi connectivity index (χ0) is 13.5. The molecule has 1 aliphatic heterocycles. The Balaban J connectivity index is 2.37. The fraction of sp³-hybridized carbons (Fsp3) is 0.462. The minimum atomic E-state index is -1.22. The molecule has 0 unspecified atom stereocenters. The van der Waals surface area contributed by atoms with Crippen LogP contribution in [0.1, 0.15) is 36.7 Å². The Morgan fingerprint density at radius 2 is 2.11 bits per heavy atom. The third kappa shape index (κ3) is 2.52. The Morgan fingerprint density at radius 1 is 1.44 bits per heavy atom. The van der Waals surface area contributed by atoms with E-state index in [1.54, 1.807) is 0 Å². The van der Waals surface area contributed by atoms with E-state index in [2.05, 4.69) is 25.1 Å². The highest BCUT2D eigenvalue weighted by Crippen LogP contribution is 2.37. The monoisotopic (exact) mass is 269 g/mol. The number of benzene rings is 1. The van der Waals surface area contributed by atoms with Crippen molar-refractivity contribution in [3.05, 3.63) is 29.1 Å². The van der Waals surface area contributed by atoms with Crippen LogP contribution in [0.3, 0.4) is 0 Å². The van der Waals surface area contributed by atoms with Crippen molar-refractivity contribution >= 4 is 17.9 Å². The van der Waals surface area contributed by atoms with Gasteiger partial charge in [0, 0.05) is 17.0 Å². The van der Waals surface area contributed by atoms with Gasteiger partial charge in [0.25, 0.3) is 0 Å². The number of nitrogens with zero attached hydrogens (tertiary/aromatic N) is 1. The van der Waals surface area contributed by atoms with Gasteiger partial charge in [-0.05, 0) is 56.8 Å². The molecule has 0 aliphatic carbocycles. The fourth-order valence-corrected chi connectivity index (χ4v) is 3.04. The average molecular weight is 269 g/mol. The van der Waals surface area contributed by atoms with Crippen LogP contribution in [0.2, 0.25) is 0 Å². The number of hydrogen-bond donors (Lipinski definition) is 1. The third-order valence-electron chi connectivity index (χ3n) is 2.92. The third-order valence-corrected chi connectivity index (χ3v) is 4.45. The smallest absolute Gasteiger partial charge is 0.338 e. The van der Waals surface area contributed by atoms with Crippen LogP contribution in [0, 0.1) is 5.82 Å². The van der Waals surface area contributed by atoms with Crippen molar-refractivity contribution in [2.45, 2.75) is 37.6 Å². The summed E-state index contributed by atoms with van der Waals surface area (Å²) in [6.45, 7) is 7.15. The topological polar surface area (TPSA) is 40.5 Å². The number of carbonyl (C=O) groups is 1. The van der Waals surface area contributed by atoms with E-state index in [0.29, 0.717) is 0 Å². The molecule has 0 aromatic heterocycles. The zero-order valence-corrected chi connectivity index (χ0v) is 11.5. The zero-order valence-electron chi connectivity index (χ0n) is 10.7. The molecule has 1 N–H and O–H groups in total. The molecule has 1 aliphatic rings. The van der Waals surface area contributed by atoms with Gasteiger partial charge in [-0.2, -0.15) is 0 Å². The van der Waals surface area contributed by atoms with Crippen molar-refractivity contribution in [2.24, 2.45) is 0 Å². The van der Waals surface area contributed by atoms with Gasteiger partial charge in [0.05, 0.1) is 5.56 Å². The molecule has 1 aromatic carbocycles. The minimum Gasteiger partial charge on any atom is -0.478 e. The maximum atomic E-state index is 13.6. The van der Waals surface area contributed by atoms with Crippen LogP contribution in [0.4, 0.5) is 4.39 Å². The van der Waals surface area contributed by atoms with E-state index < -0.39 is 11.8 Å². The predicted octanol–water partition coefficient (Wildman–Crippen LogP) is 3.19. The van der Waals surface area contributed by atoms with Crippen LogP contribution >= 0.6 is 11.9 Å². The largest absolute Gasteiger partial charge is 0.478 e. The van der Waals surface area contributed by atoms with E-state index in [1.165, 1.54) is 24.1 Å². The van der Waals surface area contributed by atoms with Gasteiger partial charge in [0.1, 0.15) is 5.82 Å². The molecule has 3 nitrogen and oxygen atoms in total. The first-order valence-electron chi connectivity index (χ1n) is 5.80. The van der Waals surface area contributed by atoms with Crippen LogP contribution in [0.5, 0.6) is 0 Å². The molecule has 0 radical (unpaired) electrons. The number of aromatic carboxylic acids is 1.